The first-order chi connectivity index (χ1) is 17.9. The Bertz CT molecular complexity index is 1510. The standard InChI is InChI=1S/C27H21N3O6S/c1-35-19-8-5-17(6-9-19)22(31)15-36-27(34)20-3-2-11-29-25(20)37-23-14-24(32)30(26(23)33)18-7-4-16-10-12-28-21(16)13-18/h2-13,23,28H,14-15H2,1H3. The van der Waals surface area contributed by atoms with Gasteiger partial charge >= 0.3 is 5.97 Å². The van der Waals surface area contributed by atoms with Crippen LogP contribution in [0.2, 0.25) is 0 Å². The van der Waals surface area contributed by atoms with Crippen LogP contribution in [0.1, 0.15) is 27.1 Å². The molecule has 1 aliphatic rings. The van der Waals surface area contributed by atoms with Gasteiger partial charge in [-0.1, -0.05) is 17.8 Å². The van der Waals surface area contributed by atoms with Crippen LogP contribution in [0.3, 0.4) is 0 Å². The monoisotopic (exact) mass is 515 g/mol. The van der Waals surface area contributed by atoms with Crippen LogP contribution < -0.4 is 9.64 Å². The molecule has 0 aliphatic carbocycles. The first-order valence-electron chi connectivity index (χ1n) is 11.3. The average Bonchev–Trinajstić information content (AvgIpc) is 3.50. The zero-order chi connectivity index (χ0) is 25.9. The van der Waals surface area contributed by atoms with Crippen molar-refractivity contribution in [2.45, 2.75) is 16.7 Å². The van der Waals surface area contributed by atoms with Crippen molar-refractivity contribution in [3.05, 3.63) is 84.2 Å². The third kappa shape index (κ3) is 4.96. The second-order valence-corrected chi connectivity index (χ2v) is 9.40. The number of carbonyl (C=O) groups excluding carboxylic acids is 4. The molecule has 186 valence electrons. The zero-order valence-corrected chi connectivity index (χ0v) is 20.5. The topological polar surface area (TPSA) is 119 Å². The first-order valence-corrected chi connectivity index (χ1v) is 12.2. The number of hydrogen-bond acceptors (Lipinski definition) is 8. The van der Waals surface area contributed by atoms with Gasteiger partial charge in [0.25, 0.3) is 0 Å². The Morgan fingerprint density at radius 2 is 1.92 bits per heavy atom. The number of Topliss-reactive ketones (excluding diaryl/α,β-unsaturated/α-hetero) is 1. The lowest BCUT2D eigenvalue weighted by Gasteiger charge is -2.15. The van der Waals surface area contributed by atoms with Crippen molar-refractivity contribution in [3.63, 3.8) is 0 Å². The normalized spacial score (nSPS) is 15.3. The Hall–Kier alpha value is -4.44. The number of imide groups is 1. The van der Waals surface area contributed by atoms with E-state index in [1.807, 2.05) is 12.1 Å². The van der Waals surface area contributed by atoms with Gasteiger partial charge < -0.3 is 14.5 Å². The molecule has 0 radical (unpaired) electrons. The van der Waals surface area contributed by atoms with Gasteiger partial charge in [0.1, 0.15) is 10.8 Å². The molecule has 1 aliphatic heterocycles. The van der Waals surface area contributed by atoms with E-state index in [-0.39, 0.29) is 34.6 Å². The molecule has 0 spiro atoms. The quantitative estimate of drug-likeness (QED) is 0.212. The molecule has 3 heterocycles. The number of aromatic nitrogens is 2. The maximum Gasteiger partial charge on any atom is 0.341 e. The van der Waals surface area contributed by atoms with E-state index in [9.17, 15) is 19.2 Å². The minimum absolute atomic E-state index is 0.0344. The Kier molecular flexibility index (Phi) is 6.74. The van der Waals surface area contributed by atoms with Crippen LogP contribution in [0.5, 0.6) is 5.75 Å². The molecule has 1 atom stereocenters. The van der Waals surface area contributed by atoms with Crippen LogP contribution >= 0.6 is 11.8 Å². The molecule has 10 heteroatoms. The van der Waals surface area contributed by atoms with Gasteiger partial charge in [-0.25, -0.2) is 14.7 Å². The van der Waals surface area contributed by atoms with E-state index in [4.69, 9.17) is 9.47 Å². The zero-order valence-electron chi connectivity index (χ0n) is 19.7. The predicted molar refractivity (Wildman–Crippen MR) is 137 cm³/mol. The summed E-state index contributed by atoms with van der Waals surface area (Å²) >= 11 is 1.03. The van der Waals surface area contributed by atoms with Crippen LogP contribution in [0, 0.1) is 0 Å². The number of benzene rings is 2. The summed E-state index contributed by atoms with van der Waals surface area (Å²) < 4.78 is 10.3. The lowest BCUT2D eigenvalue weighted by atomic mass is 10.1. The SMILES string of the molecule is COc1ccc(C(=O)COC(=O)c2cccnc2SC2CC(=O)N(c3ccc4cc[nH]c4c3)C2=O)cc1. The molecule has 1 saturated heterocycles. The van der Waals surface area contributed by atoms with Crippen molar-refractivity contribution < 1.29 is 28.7 Å². The highest BCUT2D eigenvalue weighted by molar-refractivity contribution is 8.00. The number of ether oxygens (including phenoxy) is 2. The van der Waals surface area contributed by atoms with Crippen LogP contribution in [0.15, 0.2) is 78.1 Å². The van der Waals surface area contributed by atoms with Gasteiger partial charge in [-0.3, -0.25) is 14.4 Å². The molecule has 2 amide bonds. The third-order valence-electron chi connectivity index (χ3n) is 5.89. The Morgan fingerprint density at radius 3 is 2.70 bits per heavy atom. The number of rotatable bonds is 8. The number of carbonyl (C=O) groups is 4. The second kappa shape index (κ2) is 10.3. The fourth-order valence-electron chi connectivity index (χ4n) is 3.99. The fourth-order valence-corrected chi connectivity index (χ4v) is 5.09. The molecular weight excluding hydrogens is 494 g/mol. The number of thioether (sulfide) groups is 1. The van der Waals surface area contributed by atoms with Crippen LogP contribution in [0.25, 0.3) is 10.9 Å². The van der Waals surface area contributed by atoms with Gasteiger partial charge in [0, 0.05) is 29.9 Å². The highest BCUT2D eigenvalue weighted by atomic mass is 32.2. The molecule has 2 aromatic carbocycles. The number of anilines is 1. The van der Waals surface area contributed by atoms with E-state index in [1.165, 1.54) is 19.4 Å². The molecule has 0 bridgehead atoms. The average molecular weight is 516 g/mol. The number of nitrogens with one attached hydrogen (secondary N) is 1. The highest BCUT2D eigenvalue weighted by Crippen LogP contribution is 2.35. The first kappa shape index (κ1) is 24.3. The van der Waals surface area contributed by atoms with Gasteiger partial charge in [0.2, 0.25) is 11.8 Å². The number of methoxy groups -OCH3 is 1. The van der Waals surface area contributed by atoms with Crippen molar-refractivity contribution in [1.82, 2.24) is 9.97 Å². The maximum atomic E-state index is 13.2. The number of ketones is 1. The van der Waals surface area contributed by atoms with Crippen molar-refractivity contribution in [1.29, 1.82) is 0 Å². The summed E-state index contributed by atoms with van der Waals surface area (Å²) in [7, 11) is 1.52. The number of nitrogens with zero attached hydrogens (tertiary/aromatic N) is 2. The number of hydrogen-bond donors (Lipinski definition) is 1. The molecule has 5 rings (SSSR count). The lowest BCUT2D eigenvalue weighted by Crippen LogP contribution is -2.31. The maximum absolute atomic E-state index is 13.2. The molecule has 4 aromatic rings. The predicted octanol–water partition coefficient (Wildman–Crippen LogP) is 4.04. The van der Waals surface area contributed by atoms with E-state index in [0.29, 0.717) is 17.0 Å². The number of amides is 2. The number of pyridine rings is 1. The Morgan fingerprint density at radius 1 is 1.11 bits per heavy atom. The van der Waals surface area contributed by atoms with Crippen molar-refractivity contribution in [3.8, 4) is 5.75 Å². The summed E-state index contributed by atoms with van der Waals surface area (Å²) in [5.41, 5.74) is 1.78. The summed E-state index contributed by atoms with van der Waals surface area (Å²) in [6.45, 7) is -0.458. The number of fused-ring (bicyclic) bond motifs is 1. The van der Waals surface area contributed by atoms with E-state index in [1.54, 1.807) is 48.7 Å². The molecular formula is C27H21N3O6S. The summed E-state index contributed by atoms with van der Waals surface area (Å²) in [5.74, 6) is -1.24. The van der Waals surface area contributed by atoms with Gasteiger partial charge in [0.05, 0.1) is 23.6 Å². The fraction of sp³-hybridized carbons (Fsp3) is 0.148. The largest absolute Gasteiger partial charge is 0.497 e. The molecule has 2 aromatic heterocycles. The number of aromatic amines is 1. The summed E-state index contributed by atoms with van der Waals surface area (Å²) in [6.07, 6.45) is 3.24. The minimum atomic E-state index is -0.755. The third-order valence-corrected chi connectivity index (χ3v) is 7.09. The second-order valence-electron chi connectivity index (χ2n) is 8.21. The van der Waals surface area contributed by atoms with E-state index in [2.05, 4.69) is 9.97 Å². The van der Waals surface area contributed by atoms with Crippen molar-refractivity contribution in [2.75, 3.05) is 18.6 Å². The van der Waals surface area contributed by atoms with Crippen molar-refractivity contribution >= 4 is 51.9 Å². The highest BCUT2D eigenvalue weighted by Gasteiger charge is 2.41. The Balaban J connectivity index is 1.27. The van der Waals surface area contributed by atoms with Gasteiger partial charge in [0.15, 0.2) is 12.4 Å². The number of H-pyrrole nitrogens is 1. The number of esters is 1. The molecule has 9 nitrogen and oxygen atoms in total. The van der Waals surface area contributed by atoms with Gasteiger partial charge in [-0.2, -0.15) is 0 Å². The molecule has 0 saturated carbocycles. The van der Waals surface area contributed by atoms with Gasteiger partial charge in [-0.05, 0) is 60.0 Å². The van der Waals surface area contributed by atoms with E-state index < -0.39 is 17.8 Å². The van der Waals surface area contributed by atoms with Gasteiger partial charge in [-0.15, -0.1) is 0 Å². The Labute approximate surface area is 215 Å². The molecule has 1 unspecified atom stereocenters. The van der Waals surface area contributed by atoms with Crippen molar-refractivity contribution in [2.24, 2.45) is 0 Å². The van der Waals surface area contributed by atoms with Crippen LogP contribution in [-0.2, 0) is 14.3 Å². The molecule has 37 heavy (non-hydrogen) atoms. The summed E-state index contributed by atoms with van der Waals surface area (Å²) in [4.78, 5) is 59.6. The van der Waals surface area contributed by atoms with Crippen LogP contribution in [-0.4, -0.2) is 52.5 Å². The van der Waals surface area contributed by atoms with E-state index in [0.717, 1.165) is 27.6 Å². The minimum Gasteiger partial charge on any atom is -0.497 e. The summed E-state index contributed by atoms with van der Waals surface area (Å²) in [6, 6.07) is 16.7. The lowest BCUT2D eigenvalue weighted by molar-refractivity contribution is -0.121. The summed E-state index contributed by atoms with van der Waals surface area (Å²) in [5, 5.41) is 0.460. The smallest absolute Gasteiger partial charge is 0.341 e. The molecule has 1 N–H and O–H groups in total. The van der Waals surface area contributed by atoms with Crippen LogP contribution in [0.4, 0.5) is 5.69 Å². The molecule has 1 fully saturated rings. The van der Waals surface area contributed by atoms with E-state index >= 15 is 0 Å².